The summed E-state index contributed by atoms with van der Waals surface area (Å²) in [4.78, 5) is 6.15. The Balaban J connectivity index is 0.00000338. The number of halogens is 1. The molecule has 0 radical (unpaired) electrons. The standard InChI is InChI=1S/C19H30N4OS.HI/c1-6-20-18(22-13-19(4,5)17-10-8-12-25-17)21-11-7-9-16-14(2)23-24-15(16)3;/h8,10,12H,6-7,9,11,13H2,1-5H3,(H2,20,21,22);1H. The zero-order valence-electron chi connectivity index (χ0n) is 16.4. The zero-order valence-corrected chi connectivity index (χ0v) is 19.5. The minimum absolute atomic E-state index is 0. The lowest BCUT2D eigenvalue weighted by molar-refractivity contribution is 0.392. The van der Waals surface area contributed by atoms with Crippen LogP contribution in [0.2, 0.25) is 0 Å². The van der Waals surface area contributed by atoms with Gasteiger partial charge in [-0.2, -0.15) is 0 Å². The molecular formula is C19H31IN4OS. The summed E-state index contributed by atoms with van der Waals surface area (Å²) >= 11 is 1.79. The van der Waals surface area contributed by atoms with E-state index in [9.17, 15) is 0 Å². The van der Waals surface area contributed by atoms with Gasteiger partial charge in [-0.3, -0.25) is 4.99 Å². The Morgan fingerprint density at radius 1 is 1.31 bits per heavy atom. The van der Waals surface area contributed by atoms with E-state index in [0.717, 1.165) is 49.9 Å². The fourth-order valence-corrected chi connectivity index (χ4v) is 3.54. The zero-order chi connectivity index (χ0) is 18.3. The number of nitrogens with one attached hydrogen (secondary N) is 2. The molecule has 7 heteroatoms. The van der Waals surface area contributed by atoms with Gasteiger partial charge < -0.3 is 15.2 Å². The van der Waals surface area contributed by atoms with Gasteiger partial charge in [0.2, 0.25) is 0 Å². The first-order valence-corrected chi connectivity index (χ1v) is 9.80. The molecule has 0 unspecified atom stereocenters. The Bertz CT molecular complexity index is 660. The van der Waals surface area contributed by atoms with Gasteiger partial charge in [-0.1, -0.05) is 25.1 Å². The second-order valence-electron chi connectivity index (χ2n) is 6.89. The van der Waals surface area contributed by atoms with Crippen molar-refractivity contribution in [2.75, 3.05) is 19.6 Å². The first kappa shape index (κ1) is 23.0. The third-order valence-electron chi connectivity index (χ3n) is 4.24. The maximum atomic E-state index is 5.22. The van der Waals surface area contributed by atoms with Crippen molar-refractivity contribution in [1.82, 2.24) is 15.8 Å². The molecule has 26 heavy (non-hydrogen) atoms. The third-order valence-corrected chi connectivity index (χ3v) is 5.48. The summed E-state index contributed by atoms with van der Waals surface area (Å²) in [6.07, 6.45) is 1.98. The van der Waals surface area contributed by atoms with Crippen molar-refractivity contribution in [3.63, 3.8) is 0 Å². The van der Waals surface area contributed by atoms with Crippen molar-refractivity contribution < 1.29 is 4.52 Å². The van der Waals surface area contributed by atoms with Crippen LogP contribution in [0.15, 0.2) is 27.0 Å². The SMILES string of the molecule is CCNC(=NCC(C)(C)c1cccs1)NCCCc1c(C)noc1C.I. The van der Waals surface area contributed by atoms with Gasteiger partial charge in [-0.05, 0) is 45.1 Å². The number of thiophene rings is 1. The van der Waals surface area contributed by atoms with Crippen LogP contribution < -0.4 is 10.6 Å². The summed E-state index contributed by atoms with van der Waals surface area (Å²) in [5.74, 6) is 1.81. The highest BCUT2D eigenvalue weighted by molar-refractivity contribution is 14.0. The van der Waals surface area contributed by atoms with Crippen LogP contribution in [0.5, 0.6) is 0 Å². The molecule has 0 spiro atoms. The van der Waals surface area contributed by atoms with E-state index in [1.54, 1.807) is 11.3 Å². The van der Waals surface area contributed by atoms with Crippen LogP contribution >= 0.6 is 35.3 Å². The van der Waals surface area contributed by atoms with Crippen LogP contribution in [-0.4, -0.2) is 30.8 Å². The number of guanidine groups is 1. The van der Waals surface area contributed by atoms with Gasteiger partial charge in [0.25, 0.3) is 0 Å². The lowest BCUT2D eigenvalue weighted by Crippen LogP contribution is -2.39. The average Bonchev–Trinajstić information content (AvgIpc) is 3.21. The second kappa shape index (κ2) is 10.9. The van der Waals surface area contributed by atoms with Crippen molar-refractivity contribution in [3.8, 4) is 0 Å². The number of aromatic nitrogens is 1. The molecule has 0 amide bonds. The number of rotatable bonds is 8. The minimum atomic E-state index is 0. The molecule has 0 aliphatic carbocycles. The average molecular weight is 490 g/mol. The minimum Gasteiger partial charge on any atom is -0.361 e. The molecular weight excluding hydrogens is 459 g/mol. The van der Waals surface area contributed by atoms with Crippen LogP contribution in [-0.2, 0) is 11.8 Å². The molecule has 146 valence electrons. The monoisotopic (exact) mass is 490 g/mol. The summed E-state index contributed by atoms with van der Waals surface area (Å²) in [5.41, 5.74) is 2.27. The highest BCUT2D eigenvalue weighted by atomic mass is 127. The Labute approximate surface area is 178 Å². The van der Waals surface area contributed by atoms with Crippen LogP contribution in [0.3, 0.4) is 0 Å². The first-order chi connectivity index (χ1) is 11.9. The smallest absolute Gasteiger partial charge is 0.191 e. The molecule has 0 aliphatic heterocycles. The highest BCUT2D eigenvalue weighted by Gasteiger charge is 2.21. The Kier molecular flexibility index (Phi) is 9.63. The molecule has 0 saturated carbocycles. The van der Waals surface area contributed by atoms with E-state index in [4.69, 9.17) is 9.52 Å². The van der Waals surface area contributed by atoms with Crippen molar-refractivity contribution >= 4 is 41.3 Å². The van der Waals surface area contributed by atoms with Crippen LogP contribution in [0.25, 0.3) is 0 Å². The van der Waals surface area contributed by atoms with Crippen LogP contribution in [0.1, 0.15) is 49.1 Å². The fraction of sp³-hybridized carbons (Fsp3) is 0.579. The second-order valence-corrected chi connectivity index (χ2v) is 7.84. The summed E-state index contributed by atoms with van der Waals surface area (Å²) in [7, 11) is 0. The summed E-state index contributed by atoms with van der Waals surface area (Å²) in [6.45, 7) is 13.0. The van der Waals surface area contributed by atoms with E-state index < -0.39 is 0 Å². The number of hydrogen-bond acceptors (Lipinski definition) is 4. The topological polar surface area (TPSA) is 62.5 Å². The van der Waals surface area contributed by atoms with Gasteiger partial charge in [-0.25, -0.2) is 0 Å². The van der Waals surface area contributed by atoms with E-state index in [0.29, 0.717) is 0 Å². The number of nitrogens with zero attached hydrogens (tertiary/aromatic N) is 2. The normalized spacial score (nSPS) is 12.0. The van der Waals surface area contributed by atoms with E-state index in [2.05, 4.69) is 54.1 Å². The summed E-state index contributed by atoms with van der Waals surface area (Å²) in [6, 6.07) is 4.29. The predicted octanol–water partition coefficient (Wildman–Crippen LogP) is 4.44. The molecule has 2 aromatic rings. The van der Waals surface area contributed by atoms with Crippen molar-refractivity contribution in [3.05, 3.63) is 39.4 Å². The Morgan fingerprint density at radius 3 is 2.65 bits per heavy atom. The summed E-state index contributed by atoms with van der Waals surface area (Å²) in [5, 5.41) is 12.9. The molecule has 0 atom stereocenters. The van der Waals surface area contributed by atoms with Crippen LogP contribution in [0, 0.1) is 13.8 Å². The first-order valence-electron chi connectivity index (χ1n) is 8.92. The largest absolute Gasteiger partial charge is 0.361 e. The molecule has 2 heterocycles. The molecule has 2 N–H and O–H groups in total. The van der Waals surface area contributed by atoms with E-state index in [1.807, 2.05) is 13.8 Å². The van der Waals surface area contributed by atoms with Crippen molar-refractivity contribution in [2.45, 2.75) is 52.9 Å². The molecule has 0 bridgehead atoms. The number of aliphatic imine (C=N–C) groups is 1. The summed E-state index contributed by atoms with van der Waals surface area (Å²) < 4.78 is 5.22. The molecule has 0 aromatic carbocycles. The maximum absolute atomic E-state index is 5.22. The number of aryl methyl sites for hydroxylation is 2. The molecule has 2 rings (SSSR count). The number of hydrogen-bond donors (Lipinski definition) is 2. The maximum Gasteiger partial charge on any atom is 0.191 e. The molecule has 0 aliphatic rings. The van der Waals surface area contributed by atoms with Gasteiger partial charge in [0.15, 0.2) is 5.96 Å². The van der Waals surface area contributed by atoms with E-state index >= 15 is 0 Å². The molecule has 0 saturated heterocycles. The van der Waals surface area contributed by atoms with Crippen LogP contribution in [0.4, 0.5) is 0 Å². The third kappa shape index (κ3) is 6.57. The Hall–Kier alpha value is -1.09. The van der Waals surface area contributed by atoms with Gasteiger partial charge >= 0.3 is 0 Å². The highest BCUT2D eigenvalue weighted by Crippen LogP contribution is 2.27. The lowest BCUT2D eigenvalue weighted by Gasteiger charge is -2.21. The van der Waals surface area contributed by atoms with E-state index in [1.165, 1.54) is 10.4 Å². The lowest BCUT2D eigenvalue weighted by atomic mass is 9.92. The van der Waals surface area contributed by atoms with Gasteiger partial charge in [-0.15, -0.1) is 35.3 Å². The molecule has 2 aromatic heterocycles. The molecule has 5 nitrogen and oxygen atoms in total. The molecule has 0 fully saturated rings. The fourth-order valence-electron chi connectivity index (χ4n) is 2.69. The van der Waals surface area contributed by atoms with E-state index in [-0.39, 0.29) is 29.4 Å². The van der Waals surface area contributed by atoms with Gasteiger partial charge in [0.1, 0.15) is 5.76 Å². The van der Waals surface area contributed by atoms with Gasteiger partial charge in [0.05, 0.1) is 12.2 Å². The van der Waals surface area contributed by atoms with Gasteiger partial charge in [0, 0.05) is 28.9 Å². The van der Waals surface area contributed by atoms with Crippen molar-refractivity contribution in [1.29, 1.82) is 0 Å². The Morgan fingerprint density at radius 2 is 2.08 bits per heavy atom. The van der Waals surface area contributed by atoms with Crippen molar-refractivity contribution in [2.24, 2.45) is 4.99 Å². The quantitative estimate of drug-likeness (QED) is 0.249. The predicted molar refractivity (Wildman–Crippen MR) is 121 cm³/mol.